The van der Waals surface area contributed by atoms with E-state index in [1.54, 1.807) is 19.2 Å². The minimum Gasteiger partial charge on any atom is -0.498 e. The molecular weight excluding hydrogens is 218 g/mol. The minimum absolute atomic E-state index is 0.608. The van der Waals surface area contributed by atoms with Crippen LogP contribution in [0.25, 0.3) is 4.85 Å². The smallest absolute Gasteiger partial charge is 0.190 e. The molecule has 0 bridgehead atoms. The standard InChI is InChI=1S/C9H8BrNO/c1-11-8-4-3-7(6-10)9(5-8)12-2/h3-5H,6H2,2H3. The van der Waals surface area contributed by atoms with Crippen LogP contribution in [0.4, 0.5) is 5.69 Å². The van der Waals surface area contributed by atoms with E-state index in [0.29, 0.717) is 5.69 Å². The molecule has 2 nitrogen and oxygen atoms in total. The Morgan fingerprint density at radius 1 is 1.58 bits per heavy atom. The van der Waals surface area contributed by atoms with Gasteiger partial charge >= 0.3 is 0 Å². The number of alkyl halides is 1. The summed E-state index contributed by atoms with van der Waals surface area (Å²) in [4.78, 5) is 3.31. The quantitative estimate of drug-likeness (QED) is 0.557. The first-order chi connectivity index (χ1) is 5.81. The van der Waals surface area contributed by atoms with Crippen molar-refractivity contribution in [3.8, 4) is 5.75 Å². The summed E-state index contributed by atoms with van der Waals surface area (Å²) < 4.78 is 5.11. The fourth-order valence-corrected chi connectivity index (χ4v) is 1.38. The molecule has 0 saturated carbocycles. The Balaban J connectivity index is 3.13. The Labute approximate surface area is 80.1 Å². The van der Waals surface area contributed by atoms with Crippen molar-refractivity contribution in [2.45, 2.75) is 5.33 Å². The van der Waals surface area contributed by atoms with E-state index in [1.807, 2.05) is 6.07 Å². The highest BCUT2D eigenvalue weighted by Gasteiger charge is 2.01. The van der Waals surface area contributed by atoms with Gasteiger partial charge in [-0.2, -0.15) is 0 Å². The second kappa shape index (κ2) is 4.13. The van der Waals surface area contributed by atoms with Crippen LogP contribution in [0.5, 0.6) is 5.75 Å². The highest BCUT2D eigenvalue weighted by Crippen LogP contribution is 2.26. The van der Waals surface area contributed by atoms with Gasteiger partial charge in [0.25, 0.3) is 0 Å². The monoisotopic (exact) mass is 225 g/mol. The van der Waals surface area contributed by atoms with E-state index in [4.69, 9.17) is 11.3 Å². The third kappa shape index (κ3) is 1.77. The van der Waals surface area contributed by atoms with E-state index in [1.165, 1.54) is 0 Å². The molecule has 0 aliphatic rings. The van der Waals surface area contributed by atoms with Crippen molar-refractivity contribution in [1.82, 2.24) is 0 Å². The van der Waals surface area contributed by atoms with Crippen LogP contribution in [-0.4, -0.2) is 7.11 Å². The van der Waals surface area contributed by atoms with Gasteiger partial charge < -0.3 is 4.74 Å². The summed E-state index contributed by atoms with van der Waals surface area (Å²) in [7, 11) is 1.61. The van der Waals surface area contributed by atoms with Gasteiger partial charge in [0.1, 0.15) is 5.75 Å². The number of hydrogen-bond donors (Lipinski definition) is 0. The maximum atomic E-state index is 6.80. The van der Waals surface area contributed by atoms with Crippen LogP contribution in [0.1, 0.15) is 5.56 Å². The molecule has 0 saturated heterocycles. The summed E-state index contributed by atoms with van der Waals surface area (Å²) in [6, 6.07) is 5.41. The summed E-state index contributed by atoms with van der Waals surface area (Å²) in [6.07, 6.45) is 0. The van der Waals surface area contributed by atoms with E-state index in [9.17, 15) is 0 Å². The molecule has 12 heavy (non-hydrogen) atoms. The molecule has 0 fully saturated rings. The van der Waals surface area contributed by atoms with Gasteiger partial charge in [0.2, 0.25) is 0 Å². The average molecular weight is 226 g/mol. The number of methoxy groups -OCH3 is 1. The van der Waals surface area contributed by atoms with E-state index >= 15 is 0 Å². The number of halogens is 1. The Morgan fingerprint density at radius 2 is 2.33 bits per heavy atom. The highest BCUT2D eigenvalue weighted by molar-refractivity contribution is 9.08. The number of ether oxygens (including phenoxy) is 1. The molecule has 3 heteroatoms. The van der Waals surface area contributed by atoms with E-state index in [2.05, 4.69) is 20.8 Å². The third-order valence-corrected chi connectivity index (χ3v) is 2.15. The minimum atomic E-state index is 0.608. The average Bonchev–Trinajstić information content (AvgIpc) is 2.16. The molecule has 0 aromatic heterocycles. The lowest BCUT2D eigenvalue weighted by atomic mass is 10.2. The molecule has 1 rings (SSSR count). The lowest BCUT2D eigenvalue weighted by Crippen LogP contribution is -1.87. The van der Waals surface area contributed by atoms with E-state index < -0.39 is 0 Å². The summed E-state index contributed by atoms with van der Waals surface area (Å²) in [5.74, 6) is 0.764. The van der Waals surface area contributed by atoms with Crippen molar-refractivity contribution in [1.29, 1.82) is 0 Å². The molecule has 0 unspecified atom stereocenters. The lowest BCUT2D eigenvalue weighted by molar-refractivity contribution is 0.412. The fourth-order valence-electron chi connectivity index (χ4n) is 0.913. The van der Waals surface area contributed by atoms with Crippen LogP contribution in [0.15, 0.2) is 18.2 Å². The van der Waals surface area contributed by atoms with E-state index in [-0.39, 0.29) is 0 Å². The predicted octanol–water partition coefficient (Wildman–Crippen LogP) is 3.14. The van der Waals surface area contributed by atoms with Gasteiger partial charge in [-0.15, -0.1) is 0 Å². The molecule has 1 aromatic carbocycles. The maximum Gasteiger partial charge on any atom is 0.190 e. The van der Waals surface area contributed by atoms with Gasteiger partial charge in [-0.05, 0) is 6.07 Å². The Bertz CT molecular complexity index is 317. The molecule has 0 heterocycles. The Kier molecular flexibility index (Phi) is 3.12. The first-order valence-corrected chi connectivity index (χ1v) is 4.54. The zero-order valence-electron chi connectivity index (χ0n) is 6.67. The highest BCUT2D eigenvalue weighted by atomic mass is 79.9. The van der Waals surface area contributed by atoms with Crippen molar-refractivity contribution in [2.24, 2.45) is 0 Å². The second-order valence-electron chi connectivity index (χ2n) is 2.24. The fraction of sp³-hybridized carbons (Fsp3) is 0.222. The lowest BCUT2D eigenvalue weighted by Gasteiger charge is -2.05. The van der Waals surface area contributed by atoms with Gasteiger partial charge in [-0.1, -0.05) is 28.1 Å². The van der Waals surface area contributed by atoms with Crippen molar-refractivity contribution in [3.63, 3.8) is 0 Å². The van der Waals surface area contributed by atoms with Crippen molar-refractivity contribution < 1.29 is 4.74 Å². The van der Waals surface area contributed by atoms with Crippen LogP contribution in [0.2, 0.25) is 0 Å². The summed E-state index contributed by atoms with van der Waals surface area (Å²) in [5.41, 5.74) is 1.67. The number of benzene rings is 1. The molecule has 0 aliphatic carbocycles. The van der Waals surface area contributed by atoms with Crippen molar-refractivity contribution in [3.05, 3.63) is 35.2 Å². The van der Waals surface area contributed by atoms with Gasteiger partial charge in [0, 0.05) is 10.9 Å². The first kappa shape index (κ1) is 9.08. The molecule has 0 aliphatic heterocycles. The molecule has 0 atom stereocenters. The predicted molar refractivity (Wildman–Crippen MR) is 51.9 cm³/mol. The molecule has 0 N–H and O–H groups in total. The molecular formula is C9H8BrNO. The molecule has 0 amide bonds. The Hall–Kier alpha value is -1.01. The summed E-state index contributed by atoms with van der Waals surface area (Å²) in [6.45, 7) is 6.80. The zero-order valence-corrected chi connectivity index (χ0v) is 8.26. The normalized spacial score (nSPS) is 9.08. The molecule has 0 spiro atoms. The molecule has 1 aromatic rings. The van der Waals surface area contributed by atoms with Crippen LogP contribution in [0, 0.1) is 6.57 Å². The van der Waals surface area contributed by atoms with Crippen LogP contribution in [-0.2, 0) is 5.33 Å². The van der Waals surface area contributed by atoms with Crippen LogP contribution >= 0.6 is 15.9 Å². The summed E-state index contributed by atoms with van der Waals surface area (Å²) in [5, 5.41) is 0.744. The second-order valence-corrected chi connectivity index (χ2v) is 2.80. The number of hydrogen-bond acceptors (Lipinski definition) is 1. The molecule has 62 valence electrons. The first-order valence-electron chi connectivity index (χ1n) is 3.42. The number of nitrogens with zero attached hydrogens (tertiary/aromatic N) is 1. The number of rotatable bonds is 2. The van der Waals surface area contributed by atoms with Crippen molar-refractivity contribution >= 4 is 21.6 Å². The topological polar surface area (TPSA) is 13.6 Å². The third-order valence-electron chi connectivity index (χ3n) is 1.54. The Morgan fingerprint density at radius 3 is 2.83 bits per heavy atom. The SMILES string of the molecule is [C-]#[N+]c1ccc(CBr)c(OC)c1. The largest absolute Gasteiger partial charge is 0.498 e. The van der Waals surface area contributed by atoms with Crippen molar-refractivity contribution in [2.75, 3.05) is 7.11 Å². The van der Waals surface area contributed by atoms with Gasteiger partial charge in [-0.25, -0.2) is 4.85 Å². The van der Waals surface area contributed by atoms with Crippen LogP contribution < -0.4 is 4.74 Å². The maximum absolute atomic E-state index is 6.80. The van der Waals surface area contributed by atoms with Crippen LogP contribution in [0.3, 0.4) is 0 Å². The van der Waals surface area contributed by atoms with Gasteiger partial charge in [-0.3, -0.25) is 0 Å². The molecule has 0 radical (unpaired) electrons. The van der Waals surface area contributed by atoms with E-state index in [0.717, 1.165) is 16.6 Å². The van der Waals surface area contributed by atoms with Gasteiger partial charge in [0.15, 0.2) is 5.69 Å². The van der Waals surface area contributed by atoms with Gasteiger partial charge in [0.05, 0.1) is 13.7 Å². The summed E-state index contributed by atoms with van der Waals surface area (Å²) >= 11 is 3.34. The zero-order chi connectivity index (χ0) is 8.97.